The molecule has 4 rings (SSSR count). The summed E-state index contributed by atoms with van der Waals surface area (Å²) in [5.74, 6) is -3.03. The van der Waals surface area contributed by atoms with Crippen LogP contribution in [0.1, 0.15) is 43.2 Å². The smallest absolute Gasteiger partial charge is 0.289 e. The number of hydrogen-bond acceptors (Lipinski definition) is 5. The van der Waals surface area contributed by atoms with E-state index in [2.05, 4.69) is 21.3 Å². The molecule has 204 valence electrons. The van der Waals surface area contributed by atoms with E-state index in [0.29, 0.717) is 25.3 Å². The maximum atomic E-state index is 13.4. The first kappa shape index (κ1) is 27.8. The molecule has 4 N–H and O–H groups in total. The van der Waals surface area contributed by atoms with Crippen molar-refractivity contribution in [2.75, 3.05) is 6.54 Å². The molecule has 0 bridgehead atoms. The Morgan fingerprint density at radius 1 is 0.872 bits per heavy atom. The molecule has 0 radical (unpaired) electrons. The number of rotatable bonds is 13. The van der Waals surface area contributed by atoms with E-state index in [1.54, 1.807) is 6.08 Å². The van der Waals surface area contributed by atoms with Crippen LogP contribution in [0.5, 0.6) is 0 Å². The minimum Gasteiger partial charge on any atom is -0.356 e. The lowest BCUT2D eigenvalue weighted by Crippen LogP contribution is -2.54. The van der Waals surface area contributed by atoms with Gasteiger partial charge in [-0.3, -0.25) is 24.0 Å². The fourth-order valence-electron chi connectivity index (χ4n) is 4.56. The number of nitrogens with one attached hydrogen (secondary N) is 4. The van der Waals surface area contributed by atoms with Crippen LogP contribution in [0.4, 0.5) is 0 Å². The van der Waals surface area contributed by atoms with Gasteiger partial charge in [0.15, 0.2) is 0 Å². The molecule has 1 heterocycles. The van der Waals surface area contributed by atoms with E-state index in [-0.39, 0.29) is 18.9 Å². The van der Waals surface area contributed by atoms with Crippen LogP contribution >= 0.6 is 0 Å². The molecule has 1 saturated heterocycles. The summed E-state index contributed by atoms with van der Waals surface area (Å²) in [7, 11) is 0. The first-order valence-electron chi connectivity index (χ1n) is 13.4. The van der Waals surface area contributed by atoms with Gasteiger partial charge in [-0.15, -0.1) is 0 Å². The van der Waals surface area contributed by atoms with E-state index in [9.17, 15) is 24.0 Å². The first-order chi connectivity index (χ1) is 18.9. The van der Waals surface area contributed by atoms with Gasteiger partial charge in [-0.1, -0.05) is 73.5 Å². The molecule has 3 atom stereocenters. The molecule has 2 aliphatic rings. The summed E-state index contributed by atoms with van der Waals surface area (Å²) in [5, 5.41) is 10.8. The summed E-state index contributed by atoms with van der Waals surface area (Å²) >= 11 is 0. The molecule has 2 aromatic carbocycles. The SMILES string of the molecule is O=C(C=Cc1ccccc1)NC(CC1CC1)C(=O)NC(CC1CCNC1=O)C(=O)C(=O)NCc1ccccc1. The molecule has 1 aliphatic heterocycles. The molecular formula is C30H34N4O5. The fraction of sp³-hybridized carbons (Fsp3) is 0.367. The maximum Gasteiger partial charge on any atom is 0.289 e. The molecule has 1 saturated carbocycles. The monoisotopic (exact) mass is 530 g/mol. The Morgan fingerprint density at radius 3 is 2.21 bits per heavy atom. The summed E-state index contributed by atoms with van der Waals surface area (Å²) in [5.41, 5.74) is 1.67. The Hall–Kier alpha value is -4.27. The summed E-state index contributed by atoms with van der Waals surface area (Å²) in [6.45, 7) is 0.636. The maximum absolute atomic E-state index is 13.4. The molecule has 4 amide bonds. The number of Topliss-reactive ketones (excluding diaryl/α,β-unsaturated/α-hetero) is 1. The largest absolute Gasteiger partial charge is 0.356 e. The lowest BCUT2D eigenvalue weighted by molar-refractivity contribution is -0.141. The lowest BCUT2D eigenvalue weighted by Gasteiger charge is -2.23. The summed E-state index contributed by atoms with van der Waals surface area (Å²) < 4.78 is 0. The summed E-state index contributed by atoms with van der Waals surface area (Å²) in [6.07, 6.45) is 5.90. The van der Waals surface area contributed by atoms with Crippen molar-refractivity contribution in [2.45, 2.75) is 50.7 Å². The van der Waals surface area contributed by atoms with Gasteiger partial charge in [0, 0.05) is 25.1 Å². The van der Waals surface area contributed by atoms with Crippen LogP contribution in [-0.2, 0) is 30.5 Å². The number of ketones is 1. The van der Waals surface area contributed by atoms with Crippen molar-refractivity contribution in [1.82, 2.24) is 21.3 Å². The predicted molar refractivity (Wildman–Crippen MR) is 146 cm³/mol. The van der Waals surface area contributed by atoms with Crippen molar-refractivity contribution in [2.24, 2.45) is 11.8 Å². The van der Waals surface area contributed by atoms with Gasteiger partial charge in [-0.25, -0.2) is 0 Å². The number of benzene rings is 2. The molecular weight excluding hydrogens is 496 g/mol. The summed E-state index contributed by atoms with van der Waals surface area (Å²) in [4.78, 5) is 64.1. The average Bonchev–Trinajstić information content (AvgIpc) is 3.69. The minimum absolute atomic E-state index is 0.00711. The first-order valence-corrected chi connectivity index (χ1v) is 13.4. The number of carbonyl (C=O) groups excluding carboxylic acids is 5. The molecule has 2 aromatic rings. The average molecular weight is 531 g/mol. The quantitative estimate of drug-likeness (QED) is 0.232. The molecule has 9 heteroatoms. The highest BCUT2D eigenvalue weighted by Crippen LogP contribution is 2.33. The zero-order valence-corrected chi connectivity index (χ0v) is 21.7. The van der Waals surface area contributed by atoms with E-state index < -0.39 is 41.5 Å². The second-order valence-corrected chi connectivity index (χ2v) is 10.1. The van der Waals surface area contributed by atoms with E-state index in [1.807, 2.05) is 60.7 Å². The van der Waals surface area contributed by atoms with Gasteiger partial charge in [-0.2, -0.15) is 0 Å². The standard InChI is InChI=1S/C30H34N4O5/c35-26(14-13-20-7-3-1-4-8-20)33-25(17-21-11-12-21)29(38)34-24(18-23-15-16-31-28(23)37)27(36)30(39)32-19-22-9-5-2-6-10-22/h1-10,13-14,21,23-25H,11-12,15-19H2,(H,31,37)(H,32,39)(H,33,35)(H,34,38). The molecule has 0 aromatic heterocycles. The van der Waals surface area contributed by atoms with Crippen molar-refractivity contribution in [3.8, 4) is 0 Å². The highest BCUT2D eigenvalue weighted by Gasteiger charge is 2.36. The lowest BCUT2D eigenvalue weighted by atomic mass is 9.95. The molecule has 1 aliphatic carbocycles. The Morgan fingerprint density at radius 2 is 1.56 bits per heavy atom. The molecule has 0 spiro atoms. The Balaban J connectivity index is 1.42. The third-order valence-corrected chi connectivity index (χ3v) is 6.96. The van der Waals surface area contributed by atoms with Gasteiger partial charge >= 0.3 is 0 Å². The topological polar surface area (TPSA) is 133 Å². The fourth-order valence-corrected chi connectivity index (χ4v) is 4.56. The summed E-state index contributed by atoms with van der Waals surface area (Å²) in [6, 6.07) is 16.4. The van der Waals surface area contributed by atoms with Gasteiger partial charge in [0.05, 0.1) is 6.04 Å². The Kier molecular flexibility index (Phi) is 9.61. The number of amides is 4. The zero-order chi connectivity index (χ0) is 27.6. The van der Waals surface area contributed by atoms with Crippen LogP contribution < -0.4 is 21.3 Å². The van der Waals surface area contributed by atoms with Gasteiger partial charge in [-0.05, 0) is 42.4 Å². The zero-order valence-electron chi connectivity index (χ0n) is 21.7. The van der Waals surface area contributed by atoms with Crippen LogP contribution in [0.15, 0.2) is 66.7 Å². The second-order valence-electron chi connectivity index (χ2n) is 10.1. The molecule has 3 unspecified atom stereocenters. The van der Waals surface area contributed by atoms with Crippen LogP contribution in [-0.4, -0.2) is 48.0 Å². The van der Waals surface area contributed by atoms with Crippen molar-refractivity contribution >= 4 is 35.5 Å². The normalized spacial score (nSPS) is 18.2. The van der Waals surface area contributed by atoms with Gasteiger partial charge < -0.3 is 21.3 Å². The van der Waals surface area contributed by atoms with Gasteiger partial charge in [0.1, 0.15) is 6.04 Å². The van der Waals surface area contributed by atoms with Crippen molar-refractivity contribution in [3.63, 3.8) is 0 Å². The molecule has 39 heavy (non-hydrogen) atoms. The molecule has 2 fully saturated rings. The Bertz CT molecular complexity index is 1210. The van der Waals surface area contributed by atoms with E-state index in [0.717, 1.165) is 24.0 Å². The third-order valence-electron chi connectivity index (χ3n) is 6.96. The highest BCUT2D eigenvalue weighted by molar-refractivity contribution is 6.38. The molecule has 9 nitrogen and oxygen atoms in total. The van der Waals surface area contributed by atoms with Crippen LogP contribution in [0.2, 0.25) is 0 Å². The van der Waals surface area contributed by atoms with Crippen LogP contribution in [0.3, 0.4) is 0 Å². The van der Waals surface area contributed by atoms with Crippen LogP contribution in [0, 0.1) is 11.8 Å². The van der Waals surface area contributed by atoms with Gasteiger partial charge in [0.25, 0.3) is 5.91 Å². The second kappa shape index (κ2) is 13.5. The highest BCUT2D eigenvalue weighted by atomic mass is 16.2. The van der Waals surface area contributed by atoms with Gasteiger partial charge in [0.2, 0.25) is 23.5 Å². The van der Waals surface area contributed by atoms with E-state index >= 15 is 0 Å². The third kappa shape index (κ3) is 8.63. The number of hydrogen-bond donors (Lipinski definition) is 4. The van der Waals surface area contributed by atoms with Crippen molar-refractivity contribution in [1.29, 1.82) is 0 Å². The predicted octanol–water partition coefficient (Wildman–Crippen LogP) is 1.88. The van der Waals surface area contributed by atoms with E-state index in [4.69, 9.17) is 0 Å². The van der Waals surface area contributed by atoms with Crippen LogP contribution in [0.25, 0.3) is 6.08 Å². The minimum atomic E-state index is -1.19. The van der Waals surface area contributed by atoms with Crippen molar-refractivity contribution in [3.05, 3.63) is 77.9 Å². The van der Waals surface area contributed by atoms with E-state index in [1.165, 1.54) is 6.08 Å². The van der Waals surface area contributed by atoms with Crippen molar-refractivity contribution < 1.29 is 24.0 Å². The number of carbonyl (C=O) groups is 5. The Labute approximate surface area is 227 Å².